The van der Waals surface area contributed by atoms with Crippen LogP contribution in [0.15, 0.2) is 5.38 Å². The Balaban J connectivity index is 2.67. The quantitative estimate of drug-likeness (QED) is 0.805. The molecule has 0 saturated heterocycles. The summed E-state index contributed by atoms with van der Waals surface area (Å²) < 4.78 is 0. The van der Waals surface area contributed by atoms with Crippen LogP contribution in [0.5, 0.6) is 0 Å². The van der Waals surface area contributed by atoms with E-state index in [2.05, 4.69) is 43.4 Å². The Hall–Kier alpha value is -0.570. The van der Waals surface area contributed by atoms with Crippen LogP contribution in [0.25, 0.3) is 0 Å². The van der Waals surface area contributed by atoms with E-state index in [0.29, 0.717) is 0 Å². The van der Waals surface area contributed by atoms with Crippen LogP contribution >= 0.6 is 11.3 Å². The zero-order chi connectivity index (χ0) is 10.6. The third kappa shape index (κ3) is 2.71. The molecule has 14 heavy (non-hydrogen) atoms. The highest BCUT2D eigenvalue weighted by molar-refractivity contribution is 7.13. The first-order valence-corrected chi connectivity index (χ1v) is 6.24. The van der Waals surface area contributed by atoms with Crippen LogP contribution in [-0.2, 0) is 6.42 Å². The molecule has 1 N–H and O–H groups in total. The van der Waals surface area contributed by atoms with E-state index in [4.69, 9.17) is 0 Å². The molecule has 80 valence electrons. The van der Waals surface area contributed by atoms with Crippen LogP contribution in [0.3, 0.4) is 0 Å². The molecular weight excluding hydrogens is 192 g/mol. The number of hydrogen-bond acceptors (Lipinski definition) is 3. The lowest BCUT2D eigenvalue weighted by Crippen LogP contribution is -2.32. The monoisotopic (exact) mass is 212 g/mol. The molecule has 0 aliphatic carbocycles. The van der Waals surface area contributed by atoms with Gasteiger partial charge in [0.1, 0.15) is 0 Å². The standard InChI is InChI=1S/C11H20N2S/c1-5-9-8-14-10(12-9)13-11(4,6-2)7-3/h8H,5-7H2,1-4H3,(H,12,13). The number of thiazole rings is 1. The predicted molar refractivity (Wildman–Crippen MR) is 64.1 cm³/mol. The summed E-state index contributed by atoms with van der Waals surface area (Å²) in [7, 11) is 0. The van der Waals surface area contributed by atoms with Crippen molar-refractivity contribution in [2.75, 3.05) is 5.32 Å². The van der Waals surface area contributed by atoms with Crippen molar-refractivity contribution in [1.29, 1.82) is 0 Å². The second-order valence-electron chi connectivity index (χ2n) is 3.89. The summed E-state index contributed by atoms with van der Waals surface area (Å²) in [5, 5.41) is 6.71. The number of aromatic nitrogens is 1. The van der Waals surface area contributed by atoms with Crippen LogP contribution in [0.1, 0.15) is 46.2 Å². The highest BCUT2D eigenvalue weighted by atomic mass is 32.1. The summed E-state index contributed by atoms with van der Waals surface area (Å²) >= 11 is 1.71. The van der Waals surface area contributed by atoms with Crippen LogP contribution in [-0.4, -0.2) is 10.5 Å². The summed E-state index contributed by atoms with van der Waals surface area (Å²) in [5.74, 6) is 0. The zero-order valence-electron chi connectivity index (χ0n) is 9.55. The van der Waals surface area contributed by atoms with Crippen LogP contribution in [0, 0.1) is 0 Å². The van der Waals surface area contributed by atoms with Crippen molar-refractivity contribution in [3.63, 3.8) is 0 Å². The molecular formula is C11H20N2S. The minimum Gasteiger partial charge on any atom is -0.356 e. The van der Waals surface area contributed by atoms with E-state index in [9.17, 15) is 0 Å². The van der Waals surface area contributed by atoms with E-state index >= 15 is 0 Å². The Morgan fingerprint density at radius 1 is 1.36 bits per heavy atom. The third-order valence-electron chi connectivity index (χ3n) is 2.88. The van der Waals surface area contributed by atoms with Crippen molar-refractivity contribution in [2.24, 2.45) is 0 Å². The molecule has 0 fully saturated rings. The molecule has 0 aliphatic rings. The lowest BCUT2D eigenvalue weighted by atomic mass is 9.96. The fourth-order valence-electron chi connectivity index (χ4n) is 1.21. The van der Waals surface area contributed by atoms with Gasteiger partial charge in [0.15, 0.2) is 5.13 Å². The van der Waals surface area contributed by atoms with Crippen LogP contribution < -0.4 is 5.32 Å². The maximum Gasteiger partial charge on any atom is 0.183 e. The number of aryl methyl sites for hydroxylation is 1. The first-order chi connectivity index (χ1) is 6.63. The Morgan fingerprint density at radius 3 is 2.43 bits per heavy atom. The maximum absolute atomic E-state index is 4.52. The SMILES string of the molecule is CCc1csc(NC(C)(CC)CC)n1. The van der Waals surface area contributed by atoms with Gasteiger partial charge >= 0.3 is 0 Å². The molecule has 1 aromatic rings. The number of nitrogens with zero attached hydrogens (tertiary/aromatic N) is 1. The van der Waals surface area contributed by atoms with Gasteiger partial charge in [-0.3, -0.25) is 0 Å². The van der Waals surface area contributed by atoms with Gasteiger partial charge in [-0.25, -0.2) is 4.98 Å². The molecule has 0 saturated carbocycles. The first-order valence-electron chi connectivity index (χ1n) is 5.36. The molecule has 1 aromatic heterocycles. The van der Waals surface area contributed by atoms with Gasteiger partial charge in [0.25, 0.3) is 0 Å². The normalized spacial score (nSPS) is 11.7. The topological polar surface area (TPSA) is 24.9 Å². The summed E-state index contributed by atoms with van der Waals surface area (Å²) in [6, 6.07) is 0. The fourth-order valence-corrected chi connectivity index (χ4v) is 2.15. The van der Waals surface area contributed by atoms with E-state index in [0.717, 1.165) is 24.4 Å². The molecule has 1 rings (SSSR count). The van der Waals surface area contributed by atoms with Gasteiger partial charge in [0.05, 0.1) is 5.69 Å². The second kappa shape index (κ2) is 4.78. The fraction of sp³-hybridized carbons (Fsp3) is 0.727. The van der Waals surface area contributed by atoms with Gasteiger partial charge in [-0.2, -0.15) is 0 Å². The third-order valence-corrected chi connectivity index (χ3v) is 3.69. The Labute approximate surface area is 90.8 Å². The lowest BCUT2D eigenvalue weighted by molar-refractivity contribution is 0.478. The molecule has 0 atom stereocenters. The van der Waals surface area contributed by atoms with E-state index in [1.54, 1.807) is 11.3 Å². The van der Waals surface area contributed by atoms with E-state index in [1.165, 1.54) is 5.69 Å². The van der Waals surface area contributed by atoms with Crippen molar-refractivity contribution >= 4 is 16.5 Å². The molecule has 0 unspecified atom stereocenters. The van der Waals surface area contributed by atoms with E-state index < -0.39 is 0 Å². The molecule has 0 amide bonds. The van der Waals surface area contributed by atoms with Crippen molar-refractivity contribution in [3.05, 3.63) is 11.1 Å². The molecule has 1 heterocycles. The highest BCUT2D eigenvalue weighted by Gasteiger charge is 2.20. The highest BCUT2D eigenvalue weighted by Crippen LogP contribution is 2.24. The Morgan fingerprint density at radius 2 is 2.00 bits per heavy atom. The molecule has 0 aliphatic heterocycles. The lowest BCUT2D eigenvalue weighted by Gasteiger charge is -2.27. The second-order valence-corrected chi connectivity index (χ2v) is 4.75. The molecule has 0 aromatic carbocycles. The average Bonchev–Trinajstić information content (AvgIpc) is 2.65. The molecule has 3 heteroatoms. The average molecular weight is 212 g/mol. The minimum atomic E-state index is 0.197. The first kappa shape index (κ1) is 11.5. The smallest absolute Gasteiger partial charge is 0.183 e. The van der Waals surface area contributed by atoms with Gasteiger partial charge in [0.2, 0.25) is 0 Å². The molecule has 0 spiro atoms. The molecule has 0 radical (unpaired) electrons. The number of nitrogens with one attached hydrogen (secondary N) is 1. The van der Waals surface area contributed by atoms with Crippen molar-refractivity contribution in [2.45, 2.75) is 52.5 Å². The van der Waals surface area contributed by atoms with Crippen molar-refractivity contribution in [3.8, 4) is 0 Å². The Bertz CT molecular complexity index is 277. The minimum absolute atomic E-state index is 0.197. The largest absolute Gasteiger partial charge is 0.356 e. The van der Waals surface area contributed by atoms with Gasteiger partial charge in [0, 0.05) is 10.9 Å². The number of rotatable bonds is 5. The number of hydrogen-bond donors (Lipinski definition) is 1. The zero-order valence-corrected chi connectivity index (χ0v) is 10.4. The molecule has 2 nitrogen and oxygen atoms in total. The van der Waals surface area contributed by atoms with E-state index in [-0.39, 0.29) is 5.54 Å². The van der Waals surface area contributed by atoms with Gasteiger partial charge in [-0.1, -0.05) is 20.8 Å². The van der Waals surface area contributed by atoms with Gasteiger partial charge in [-0.05, 0) is 26.2 Å². The summed E-state index contributed by atoms with van der Waals surface area (Å²) in [6.07, 6.45) is 3.28. The van der Waals surface area contributed by atoms with E-state index in [1.807, 2.05) is 0 Å². The maximum atomic E-state index is 4.52. The van der Waals surface area contributed by atoms with Gasteiger partial charge < -0.3 is 5.32 Å². The van der Waals surface area contributed by atoms with Crippen molar-refractivity contribution < 1.29 is 0 Å². The summed E-state index contributed by atoms with van der Waals surface area (Å²) in [6.45, 7) is 8.81. The van der Waals surface area contributed by atoms with Crippen LogP contribution in [0.4, 0.5) is 5.13 Å². The summed E-state index contributed by atoms with van der Waals surface area (Å²) in [5.41, 5.74) is 1.38. The predicted octanol–water partition coefficient (Wildman–Crippen LogP) is 3.70. The Kier molecular flexibility index (Phi) is 3.93. The molecule has 0 bridgehead atoms. The number of anilines is 1. The van der Waals surface area contributed by atoms with Crippen LogP contribution in [0.2, 0.25) is 0 Å². The van der Waals surface area contributed by atoms with Gasteiger partial charge in [-0.15, -0.1) is 11.3 Å². The summed E-state index contributed by atoms with van der Waals surface area (Å²) in [4.78, 5) is 4.52. The van der Waals surface area contributed by atoms with Crippen molar-refractivity contribution in [1.82, 2.24) is 4.98 Å².